The van der Waals surface area contributed by atoms with Crippen LogP contribution < -0.4 is 9.59 Å². The zero-order valence-corrected chi connectivity index (χ0v) is 16.6. The first-order valence-corrected chi connectivity index (χ1v) is 9.12. The lowest BCUT2D eigenvalue weighted by Crippen LogP contribution is -2.59. The molecule has 0 bridgehead atoms. The molecule has 0 aliphatic carbocycles. The van der Waals surface area contributed by atoms with Gasteiger partial charge in [0.05, 0.1) is 0 Å². The van der Waals surface area contributed by atoms with Crippen molar-refractivity contribution in [3.63, 3.8) is 0 Å². The number of amides is 1. The van der Waals surface area contributed by atoms with Crippen LogP contribution in [0.1, 0.15) is 37.5 Å². The largest absolute Gasteiger partial charge is 0.498 e. The number of fused-ring (bicyclic) bond motifs is 1. The Balaban J connectivity index is 2.23. The third-order valence-electron chi connectivity index (χ3n) is 4.71. The Morgan fingerprint density at radius 2 is 1.76 bits per heavy atom. The molecule has 1 heterocycles. The molecule has 1 amide bonds. The molecule has 2 aromatic rings. The van der Waals surface area contributed by atoms with Crippen LogP contribution >= 0.6 is 15.9 Å². The number of rotatable bonds is 2. The second kappa shape index (κ2) is 6.11. The maximum atomic E-state index is 12.5. The van der Waals surface area contributed by atoms with Crippen molar-refractivity contribution in [2.75, 3.05) is 0 Å². The minimum atomic E-state index is -1.09. The Bertz CT molecular complexity index is 862. The van der Waals surface area contributed by atoms with Crippen molar-refractivity contribution in [2.45, 2.75) is 34.2 Å². The highest BCUT2D eigenvalue weighted by molar-refractivity contribution is 9.10. The van der Waals surface area contributed by atoms with Crippen LogP contribution in [0, 0.1) is 12.3 Å². The van der Waals surface area contributed by atoms with E-state index in [1.54, 1.807) is 0 Å². The van der Waals surface area contributed by atoms with Crippen LogP contribution in [0.25, 0.3) is 6.08 Å². The molecule has 2 aromatic carbocycles. The van der Waals surface area contributed by atoms with E-state index >= 15 is 0 Å². The fourth-order valence-corrected chi connectivity index (χ4v) is 3.87. The first-order valence-electron chi connectivity index (χ1n) is 8.32. The SMILES string of the molecule is Cc1ccc2c(c1)C=C(C(C)(C)C)[N+]2(Cc1ccc(Br)cc1)C(=O)[O-]. The summed E-state index contributed by atoms with van der Waals surface area (Å²) in [5, 5.41) is 12.5. The number of allylic oxidation sites excluding steroid dienone is 1. The van der Waals surface area contributed by atoms with Crippen molar-refractivity contribution >= 4 is 33.8 Å². The predicted molar refractivity (Wildman–Crippen MR) is 104 cm³/mol. The Morgan fingerprint density at radius 1 is 1.12 bits per heavy atom. The van der Waals surface area contributed by atoms with Crippen LogP contribution in [0.3, 0.4) is 0 Å². The quantitative estimate of drug-likeness (QED) is 0.665. The minimum Gasteiger partial charge on any atom is -0.498 e. The summed E-state index contributed by atoms with van der Waals surface area (Å²) in [6.45, 7) is 8.50. The predicted octanol–water partition coefficient (Wildman–Crippen LogP) is 5.01. The van der Waals surface area contributed by atoms with Crippen molar-refractivity contribution in [1.82, 2.24) is 4.48 Å². The van der Waals surface area contributed by atoms with Gasteiger partial charge in [0.25, 0.3) is 6.09 Å². The molecule has 3 rings (SSSR count). The lowest BCUT2D eigenvalue weighted by molar-refractivity contribution is -0.263. The first-order chi connectivity index (χ1) is 11.6. The molecule has 1 atom stereocenters. The van der Waals surface area contributed by atoms with Gasteiger partial charge in [-0.1, -0.05) is 60.5 Å². The molecule has 1 aliphatic rings. The van der Waals surface area contributed by atoms with E-state index in [-0.39, 0.29) is 9.90 Å². The van der Waals surface area contributed by atoms with E-state index in [1.165, 1.54) is 0 Å². The minimum absolute atomic E-state index is 0.277. The second-order valence-corrected chi connectivity index (χ2v) is 8.62. The summed E-state index contributed by atoms with van der Waals surface area (Å²) in [6.07, 6.45) is 0.934. The number of carbonyl (C=O) groups is 1. The van der Waals surface area contributed by atoms with Crippen LogP contribution in [0.2, 0.25) is 0 Å². The Labute approximate surface area is 157 Å². The van der Waals surface area contributed by atoms with E-state index in [9.17, 15) is 9.90 Å². The number of nitrogens with zero attached hydrogens (tertiary/aromatic N) is 1. The van der Waals surface area contributed by atoms with Crippen LogP contribution in [0.15, 0.2) is 52.6 Å². The van der Waals surface area contributed by atoms with E-state index in [1.807, 2.05) is 55.5 Å². The first kappa shape index (κ1) is 17.9. The molecule has 1 unspecified atom stereocenters. The normalized spacial score (nSPS) is 19.5. The third-order valence-corrected chi connectivity index (χ3v) is 5.24. The van der Waals surface area contributed by atoms with Gasteiger partial charge in [0.2, 0.25) is 0 Å². The molecule has 0 fully saturated rings. The molecule has 25 heavy (non-hydrogen) atoms. The molecule has 0 radical (unpaired) electrons. The topological polar surface area (TPSA) is 40.1 Å². The Hall–Kier alpha value is -1.91. The summed E-state index contributed by atoms with van der Waals surface area (Å²) in [5.74, 6) is 0. The van der Waals surface area contributed by atoms with Gasteiger partial charge in [0.1, 0.15) is 12.2 Å². The standard InChI is InChI=1S/C21H22BrNO2/c1-14-5-10-18-16(11-14)12-19(21(2,3)4)23(18,20(24)25)13-15-6-8-17(22)9-7-15/h5-12H,13H2,1-4H3. The van der Waals surface area contributed by atoms with Crippen molar-refractivity contribution in [3.8, 4) is 0 Å². The molecule has 3 nitrogen and oxygen atoms in total. The number of quaternary nitrogens is 1. The number of hydrogen-bond donors (Lipinski definition) is 0. The lowest BCUT2D eigenvalue weighted by atomic mass is 9.89. The van der Waals surface area contributed by atoms with Crippen LogP contribution in [0.5, 0.6) is 0 Å². The van der Waals surface area contributed by atoms with E-state index < -0.39 is 6.09 Å². The Morgan fingerprint density at radius 3 is 2.32 bits per heavy atom. The summed E-state index contributed by atoms with van der Waals surface area (Å²) in [6, 6.07) is 13.7. The molecule has 0 aromatic heterocycles. The van der Waals surface area contributed by atoms with Crippen LogP contribution in [0.4, 0.5) is 10.5 Å². The average Bonchev–Trinajstić information content (AvgIpc) is 2.84. The molecular weight excluding hydrogens is 378 g/mol. The van der Waals surface area contributed by atoms with E-state index in [2.05, 4.69) is 36.7 Å². The molecule has 130 valence electrons. The highest BCUT2D eigenvalue weighted by Crippen LogP contribution is 2.48. The van der Waals surface area contributed by atoms with E-state index in [4.69, 9.17) is 0 Å². The highest BCUT2D eigenvalue weighted by atomic mass is 79.9. The van der Waals surface area contributed by atoms with Gasteiger partial charge >= 0.3 is 0 Å². The van der Waals surface area contributed by atoms with E-state index in [0.717, 1.165) is 32.5 Å². The van der Waals surface area contributed by atoms with Crippen molar-refractivity contribution in [3.05, 3.63) is 69.3 Å². The third kappa shape index (κ3) is 3.05. The molecular formula is C21H22BrNO2. The molecule has 0 saturated heterocycles. The number of halogens is 1. The van der Waals surface area contributed by atoms with Crippen LogP contribution in [-0.4, -0.2) is 6.09 Å². The van der Waals surface area contributed by atoms with Gasteiger partial charge in [-0.3, -0.25) is 0 Å². The smallest absolute Gasteiger partial charge is 0.268 e. The van der Waals surface area contributed by atoms with Crippen molar-refractivity contribution in [1.29, 1.82) is 0 Å². The van der Waals surface area contributed by atoms with Crippen molar-refractivity contribution in [2.24, 2.45) is 5.41 Å². The van der Waals surface area contributed by atoms with Gasteiger partial charge in [-0.2, -0.15) is 0 Å². The summed E-state index contributed by atoms with van der Waals surface area (Å²) in [7, 11) is 0. The summed E-state index contributed by atoms with van der Waals surface area (Å²) in [4.78, 5) is 12.5. The number of benzene rings is 2. The van der Waals surface area contributed by atoms with Crippen molar-refractivity contribution < 1.29 is 9.90 Å². The van der Waals surface area contributed by atoms with E-state index in [0.29, 0.717) is 6.54 Å². The fourth-order valence-electron chi connectivity index (χ4n) is 3.61. The summed E-state index contributed by atoms with van der Waals surface area (Å²) >= 11 is 3.43. The summed E-state index contributed by atoms with van der Waals surface area (Å²) < 4.78 is 0.695. The molecule has 4 heteroatoms. The zero-order valence-electron chi connectivity index (χ0n) is 15.0. The second-order valence-electron chi connectivity index (χ2n) is 7.70. The average molecular weight is 400 g/mol. The van der Waals surface area contributed by atoms with Gasteiger partial charge in [0, 0.05) is 33.2 Å². The summed E-state index contributed by atoms with van der Waals surface area (Å²) in [5.41, 5.74) is 4.35. The van der Waals surface area contributed by atoms with Gasteiger partial charge < -0.3 is 9.90 Å². The molecule has 1 aliphatic heterocycles. The lowest BCUT2D eigenvalue weighted by Gasteiger charge is -2.40. The molecule has 0 N–H and O–H groups in total. The highest BCUT2D eigenvalue weighted by Gasteiger charge is 2.48. The maximum absolute atomic E-state index is 12.5. The number of carbonyl (C=O) groups excluding carboxylic acids is 1. The molecule has 0 saturated carbocycles. The monoisotopic (exact) mass is 399 g/mol. The fraction of sp³-hybridized carbons (Fsp3) is 0.286. The number of carboxylic acid groups (broad SMARTS) is 1. The zero-order chi connectivity index (χ0) is 18.4. The Kier molecular flexibility index (Phi) is 4.38. The van der Waals surface area contributed by atoms with Gasteiger partial charge in [-0.15, -0.1) is 0 Å². The maximum Gasteiger partial charge on any atom is 0.268 e. The van der Waals surface area contributed by atoms with Gasteiger partial charge in [-0.05, 0) is 25.1 Å². The van der Waals surface area contributed by atoms with Crippen LogP contribution in [-0.2, 0) is 6.54 Å². The number of aryl methyl sites for hydroxylation is 1. The molecule has 0 spiro atoms. The van der Waals surface area contributed by atoms with Gasteiger partial charge in [-0.25, -0.2) is 4.48 Å². The number of hydrogen-bond acceptors (Lipinski definition) is 2. The van der Waals surface area contributed by atoms with Gasteiger partial charge in [0.15, 0.2) is 5.69 Å².